The monoisotopic (exact) mass is 195 g/mol. The average Bonchev–Trinajstić information content (AvgIpc) is 2.06. The van der Waals surface area contributed by atoms with Crippen LogP contribution < -0.4 is 0 Å². The zero-order valence-electron chi connectivity index (χ0n) is 7.02. The molecule has 61 valence electrons. The van der Waals surface area contributed by atoms with E-state index in [-0.39, 0.29) is 34.5 Å². The minimum absolute atomic E-state index is 0. The Bertz CT molecular complexity index is 320. The molecular formula is C7H8NaO3S. The van der Waals surface area contributed by atoms with E-state index >= 15 is 0 Å². The summed E-state index contributed by atoms with van der Waals surface area (Å²) >= 11 is 0. The molecule has 0 aliphatic rings. The fourth-order valence-electron chi connectivity index (χ4n) is 0.683. The van der Waals surface area contributed by atoms with Gasteiger partial charge in [-0.05, 0) is 12.1 Å². The third-order valence-corrected chi connectivity index (χ3v) is 2.54. The minimum Gasteiger partial charge on any atom is -0.270 e. The van der Waals surface area contributed by atoms with Crippen molar-refractivity contribution in [3.05, 3.63) is 30.3 Å². The molecule has 0 aliphatic carbocycles. The maximum Gasteiger partial charge on any atom is 0.296 e. The van der Waals surface area contributed by atoms with E-state index < -0.39 is 10.1 Å². The van der Waals surface area contributed by atoms with Crippen molar-refractivity contribution in [3.63, 3.8) is 0 Å². The molecule has 0 aliphatic heterocycles. The van der Waals surface area contributed by atoms with Gasteiger partial charge >= 0.3 is 0 Å². The zero-order valence-corrected chi connectivity index (χ0v) is 9.84. The van der Waals surface area contributed by atoms with Crippen molar-refractivity contribution >= 4 is 39.7 Å². The van der Waals surface area contributed by atoms with Crippen LogP contribution >= 0.6 is 0 Å². The summed E-state index contributed by atoms with van der Waals surface area (Å²) in [7, 11) is -2.36. The first-order valence-corrected chi connectivity index (χ1v) is 4.43. The molecule has 0 heterocycles. The van der Waals surface area contributed by atoms with Gasteiger partial charge in [0.15, 0.2) is 0 Å². The van der Waals surface area contributed by atoms with Crippen LogP contribution in [-0.2, 0) is 14.3 Å². The predicted octanol–water partition coefficient (Wildman–Crippen LogP) is 0.641. The van der Waals surface area contributed by atoms with Crippen LogP contribution in [0.2, 0.25) is 0 Å². The summed E-state index contributed by atoms with van der Waals surface area (Å²) in [6.07, 6.45) is 0. The number of hydrogen-bond donors (Lipinski definition) is 0. The topological polar surface area (TPSA) is 43.4 Å². The first-order valence-electron chi connectivity index (χ1n) is 3.02. The molecule has 0 saturated carbocycles. The van der Waals surface area contributed by atoms with Gasteiger partial charge in [0, 0.05) is 29.6 Å². The molecule has 0 fully saturated rings. The van der Waals surface area contributed by atoms with Crippen molar-refractivity contribution in [1.82, 2.24) is 0 Å². The Labute approximate surface area is 94.2 Å². The third-order valence-electron chi connectivity index (χ3n) is 1.25. The average molecular weight is 195 g/mol. The standard InChI is InChI=1S/C7H8O3S.Na/c1-10-11(8,9)7-5-3-2-4-6-7;/h2-6H,1H3;. The van der Waals surface area contributed by atoms with Crippen LogP contribution in [0, 0.1) is 0 Å². The molecule has 0 N–H and O–H groups in total. The largest absolute Gasteiger partial charge is 0.296 e. The molecule has 12 heavy (non-hydrogen) atoms. The summed E-state index contributed by atoms with van der Waals surface area (Å²) in [5.74, 6) is 0. The van der Waals surface area contributed by atoms with Crippen LogP contribution in [0.25, 0.3) is 0 Å². The van der Waals surface area contributed by atoms with Crippen LogP contribution in [0.3, 0.4) is 0 Å². The van der Waals surface area contributed by atoms with E-state index in [1.54, 1.807) is 18.2 Å². The normalized spacial score (nSPS) is 10.4. The van der Waals surface area contributed by atoms with E-state index in [2.05, 4.69) is 4.18 Å². The molecule has 0 amide bonds. The maximum atomic E-state index is 11.0. The summed E-state index contributed by atoms with van der Waals surface area (Å²) in [6.45, 7) is 0. The van der Waals surface area contributed by atoms with Crippen LogP contribution in [0.1, 0.15) is 0 Å². The summed E-state index contributed by atoms with van der Waals surface area (Å²) in [5, 5.41) is 0. The summed E-state index contributed by atoms with van der Waals surface area (Å²) in [6, 6.07) is 8.00. The second-order valence-corrected chi connectivity index (χ2v) is 3.65. The number of benzene rings is 1. The Morgan fingerprint density at radius 3 is 2.08 bits per heavy atom. The van der Waals surface area contributed by atoms with Gasteiger partial charge in [0.2, 0.25) is 0 Å². The molecule has 5 heteroatoms. The van der Waals surface area contributed by atoms with E-state index in [0.29, 0.717) is 0 Å². The summed E-state index contributed by atoms with van der Waals surface area (Å²) in [4.78, 5) is 0.183. The SMILES string of the molecule is COS(=O)(=O)c1ccccc1.[Na]. The van der Waals surface area contributed by atoms with E-state index in [9.17, 15) is 8.42 Å². The Balaban J connectivity index is 0.00000121. The minimum atomic E-state index is -3.50. The van der Waals surface area contributed by atoms with E-state index in [4.69, 9.17) is 0 Å². The fraction of sp³-hybridized carbons (Fsp3) is 0.143. The molecule has 1 aromatic carbocycles. The van der Waals surface area contributed by atoms with Crippen LogP contribution in [0.15, 0.2) is 35.2 Å². The smallest absolute Gasteiger partial charge is 0.270 e. The molecule has 0 atom stereocenters. The van der Waals surface area contributed by atoms with Crippen molar-refractivity contribution in [2.24, 2.45) is 0 Å². The van der Waals surface area contributed by atoms with Crippen molar-refractivity contribution in [3.8, 4) is 0 Å². The Morgan fingerprint density at radius 1 is 1.17 bits per heavy atom. The van der Waals surface area contributed by atoms with Crippen LogP contribution in [0.4, 0.5) is 0 Å². The number of hydrogen-bond acceptors (Lipinski definition) is 3. The first-order chi connectivity index (χ1) is 5.17. The van der Waals surface area contributed by atoms with Gasteiger partial charge in [0.05, 0.1) is 12.0 Å². The second-order valence-electron chi connectivity index (χ2n) is 1.93. The van der Waals surface area contributed by atoms with E-state index in [1.165, 1.54) is 12.1 Å². The zero-order chi connectivity index (χ0) is 8.32. The van der Waals surface area contributed by atoms with Crippen molar-refractivity contribution in [1.29, 1.82) is 0 Å². The van der Waals surface area contributed by atoms with Crippen molar-refractivity contribution < 1.29 is 12.6 Å². The molecule has 1 radical (unpaired) electrons. The Kier molecular flexibility index (Phi) is 5.04. The predicted molar refractivity (Wildman–Crippen MR) is 46.4 cm³/mol. The molecule has 1 aromatic rings. The van der Waals surface area contributed by atoms with Crippen molar-refractivity contribution in [2.75, 3.05) is 7.11 Å². The van der Waals surface area contributed by atoms with Gasteiger partial charge in [-0.3, -0.25) is 4.18 Å². The summed E-state index contributed by atoms with van der Waals surface area (Å²) < 4.78 is 26.3. The van der Waals surface area contributed by atoms with Gasteiger partial charge in [-0.2, -0.15) is 8.42 Å². The molecule has 0 saturated heterocycles. The summed E-state index contributed by atoms with van der Waals surface area (Å²) in [5.41, 5.74) is 0. The van der Waals surface area contributed by atoms with Gasteiger partial charge in [-0.1, -0.05) is 18.2 Å². The van der Waals surface area contributed by atoms with Crippen LogP contribution in [-0.4, -0.2) is 45.1 Å². The third kappa shape index (κ3) is 2.88. The Hall–Kier alpha value is 0.130. The first kappa shape index (κ1) is 12.1. The fourth-order valence-corrected chi connectivity index (χ4v) is 1.37. The maximum absolute atomic E-state index is 11.0. The second kappa shape index (κ2) is 4.99. The van der Waals surface area contributed by atoms with Crippen LogP contribution in [0.5, 0.6) is 0 Å². The number of rotatable bonds is 2. The van der Waals surface area contributed by atoms with Gasteiger partial charge in [0.25, 0.3) is 10.1 Å². The van der Waals surface area contributed by atoms with Crippen molar-refractivity contribution in [2.45, 2.75) is 4.90 Å². The molecule has 0 bridgehead atoms. The van der Waals surface area contributed by atoms with E-state index in [1.807, 2.05) is 0 Å². The molecule has 0 unspecified atom stereocenters. The quantitative estimate of drug-likeness (QED) is 0.513. The molecule has 0 spiro atoms. The van der Waals surface area contributed by atoms with Gasteiger partial charge < -0.3 is 0 Å². The molecule has 3 nitrogen and oxygen atoms in total. The molecule has 1 rings (SSSR count). The molecule has 0 aromatic heterocycles. The Morgan fingerprint density at radius 2 is 1.67 bits per heavy atom. The van der Waals surface area contributed by atoms with E-state index in [0.717, 1.165) is 7.11 Å². The van der Waals surface area contributed by atoms with Gasteiger partial charge in [-0.25, -0.2) is 0 Å². The van der Waals surface area contributed by atoms with Gasteiger partial charge in [0.1, 0.15) is 0 Å². The van der Waals surface area contributed by atoms with Gasteiger partial charge in [-0.15, -0.1) is 0 Å². The molecular weight excluding hydrogens is 187 g/mol.